The van der Waals surface area contributed by atoms with Crippen LogP contribution in [0.15, 0.2) is 54.6 Å². The van der Waals surface area contributed by atoms with Crippen LogP contribution in [0.2, 0.25) is 0 Å². The van der Waals surface area contributed by atoms with Gasteiger partial charge >= 0.3 is 12.4 Å². The minimum absolute atomic E-state index is 0.0541. The van der Waals surface area contributed by atoms with E-state index in [4.69, 9.17) is 0 Å². The Morgan fingerprint density at radius 2 is 1.26 bits per heavy atom. The van der Waals surface area contributed by atoms with E-state index < -0.39 is 40.3 Å². The molecule has 0 saturated carbocycles. The van der Waals surface area contributed by atoms with Crippen molar-refractivity contribution in [3.8, 4) is 11.4 Å². The molecule has 0 atom stereocenters. The number of alkyl halides is 6. The monoisotopic (exact) mass is 550 g/mol. The van der Waals surface area contributed by atoms with Crippen LogP contribution < -0.4 is 5.32 Å². The zero-order chi connectivity index (χ0) is 29.0. The molecule has 0 aliphatic carbocycles. The van der Waals surface area contributed by atoms with Crippen molar-refractivity contribution in [2.24, 2.45) is 5.41 Å². The molecule has 0 radical (unpaired) electrons. The Hall–Kier alpha value is -3.76. The third kappa shape index (κ3) is 6.29. The molecule has 1 aromatic heterocycles. The van der Waals surface area contributed by atoms with Crippen molar-refractivity contribution in [3.05, 3.63) is 71.3 Å². The van der Waals surface area contributed by atoms with Gasteiger partial charge in [-0.25, -0.2) is 0 Å². The molecule has 208 valence electrons. The second kappa shape index (κ2) is 9.46. The predicted molar refractivity (Wildman–Crippen MR) is 137 cm³/mol. The number of benzene rings is 3. The number of hydrogen-bond acceptors (Lipinski definition) is 4. The Labute approximate surface area is 221 Å². The molecular weight excluding hydrogens is 522 g/mol. The number of nitrogens with zero attached hydrogens (tertiary/aromatic N) is 3. The van der Waals surface area contributed by atoms with Crippen LogP contribution in [-0.4, -0.2) is 20.1 Å². The van der Waals surface area contributed by atoms with Crippen LogP contribution in [0.1, 0.15) is 57.7 Å². The molecule has 11 heteroatoms. The maximum absolute atomic E-state index is 13.5. The lowest BCUT2D eigenvalue weighted by molar-refractivity contribution is -0.143. The second-order valence-electron chi connectivity index (χ2n) is 11.4. The maximum Gasteiger partial charge on any atom is 0.416 e. The number of fused-ring (bicyclic) bond motifs is 1. The Kier molecular flexibility index (Phi) is 6.85. The summed E-state index contributed by atoms with van der Waals surface area (Å²) in [4.78, 5) is 1.20. The van der Waals surface area contributed by atoms with Gasteiger partial charge in [-0.2, -0.15) is 26.3 Å². The second-order valence-corrected chi connectivity index (χ2v) is 11.4. The first kappa shape index (κ1) is 28.3. The minimum Gasteiger partial charge on any atom is -0.504 e. The van der Waals surface area contributed by atoms with E-state index in [9.17, 15) is 31.4 Å². The molecule has 0 amide bonds. The van der Waals surface area contributed by atoms with Crippen molar-refractivity contribution >= 4 is 22.4 Å². The van der Waals surface area contributed by atoms with Crippen molar-refractivity contribution in [2.75, 3.05) is 5.32 Å². The maximum atomic E-state index is 13.5. The van der Waals surface area contributed by atoms with Gasteiger partial charge < -0.3 is 10.4 Å². The number of hydrogen-bond donors (Lipinski definition) is 2. The molecule has 1 heterocycles. The standard InChI is InChI=1S/C28H28F6N4O/c1-25(2,3)15-26(4,5)16-13-22(24(39)23(14-16)38-36-20-8-6-7-9-21(20)37-38)35-19-11-17(27(29,30)31)10-18(12-19)28(32,33)34/h6-14,35,39H,15H2,1-5H3. The highest BCUT2D eigenvalue weighted by Crippen LogP contribution is 2.43. The van der Waals surface area contributed by atoms with E-state index in [0.717, 1.165) is 0 Å². The first-order valence-corrected chi connectivity index (χ1v) is 12.1. The summed E-state index contributed by atoms with van der Waals surface area (Å²) in [5.74, 6) is -0.434. The number of phenolic OH excluding ortho intramolecular Hbond substituents is 1. The largest absolute Gasteiger partial charge is 0.504 e. The van der Waals surface area contributed by atoms with Gasteiger partial charge in [0.25, 0.3) is 0 Å². The van der Waals surface area contributed by atoms with Crippen LogP contribution >= 0.6 is 0 Å². The number of rotatable bonds is 5. The molecule has 0 bridgehead atoms. The Bertz CT molecular complexity index is 1450. The van der Waals surface area contributed by atoms with Gasteiger partial charge in [0.15, 0.2) is 5.75 Å². The van der Waals surface area contributed by atoms with Crippen LogP contribution in [-0.2, 0) is 17.8 Å². The van der Waals surface area contributed by atoms with E-state index in [2.05, 4.69) is 36.3 Å². The van der Waals surface area contributed by atoms with Gasteiger partial charge in [-0.1, -0.05) is 46.8 Å². The van der Waals surface area contributed by atoms with E-state index in [1.807, 2.05) is 13.8 Å². The summed E-state index contributed by atoms with van der Waals surface area (Å²) in [6, 6.07) is 11.4. The molecular formula is C28H28F6N4O. The van der Waals surface area contributed by atoms with Crippen LogP contribution in [0, 0.1) is 5.41 Å². The predicted octanol–water partition coefficient (Wildman–Crippen LogP) is 8.62. The molecule has 0 spiro atoms. The Morgan fingerprint density at radius 1 is 0.744 bits per heavy atom. The Balaban J connectivity index is 1.91. The molecule has 4 rings (SSSR count). The third-order valence-electron chi connectivity index (χ3n) is 6.21. The van der Waals surface area contributed by atoms with Gasteiger partial charge in [0.1, 0.15) is 16.7 Å². The molecule has 4 aromatic rings. The number of nitrogens with one attached hydrogen (secondary N) is 1. The fourth-order valence-corrected chi connectivity index (χ4v) is 4.84. The normalized spacial score (nSPS) is 13.2. The third-order valence-corrected chi connectivity index (χ3v) is 6.21. The number of phenols is 1. The molecule has 3 aromatic carbocycles. The summed E-state index contributed by atoms with van der Waals surface area (Å²) in [6.45, 7) is 10.1. The summed E-state index contributed by atoms with van der Waals surface area (Å²) in [5.41, 5.74) is -2.25. The van der Waals surface area contributed by atoms with Gasteiger partial charge in [-0.05, 0) is 65.3 Å². The summed E-state index contributed by atoms with van der Waals surface area (Å²) < 4.78 is 80.7. The number of aromatic hydroxyl groups is 1. The van der Waals surface area contributed by atoms with E-state index in [1.54, 1.807) is 30.3 Å². The molecule has 2 N–H and O–H groups in total. The SMILES string of the molecule is CC(C)(C)CC(C)(C)c1cc(Nc2cc(C(F)(F)F)cc(C(F)(F)F)c2)c(O)c(-n2nc3ccccc3n2)c1. The van der Waals surface area contributed by atoms with Gasteiger partial charge in [-0.15, -0.1) is 15.0 Å². The molecule has 5 nitrogen and oxygen atoms in total. The van der Waals surface area contributed by atoms with Gasteiger partial charge in [0, 0.05) is 5.69 Å². The molecule has 0 unspecified atom stereocenters. The lowest BCUT2D eigenvalue weighted by Gasteiger charge is -2.33. The molecule has 0 aliphatic heterocycles. The highest BCUT2D eigenvalue weighted by Gasteiger charge is 2.37. The number of anilines is 2. The van der Waals surface area contributed by atoms with Crippen molar-refractivity contribution in [1.29, 1.82) is 0 Å². The summed E-state index contributed by atoms with van der Waals surface area (Å²) in [5, 5.41) is 22.6. The lowest BCUT2D eigenvalue weighted by atomic mass is 9.72. The average molecular weight is 551 g/mol. The quantitative estimate of drug-likeness (QED) is 0.193. The first-order chi connectivity index (χ1) is 17.8. The zero-order valence-corrected chi connectivity index (χ0v) is 22.0. The molecule has 39 heavy (non-hydrogen) atoms. The Morgan fingerprint density at radius 3 is 1.72 bits per heavy atom. The highest BCUT2D eigenvalue weighted by molar-refractivity contribution is 5.76. The van der Waals surface area contributed by atoms with Crippen molar-refractivity contribution < 1.29 is 31.4 Å². The average Bonchev–Trinajstić information content (AvgIpc) is 3.21. The van der Waals surface area contributed by atoms with E-state index in [0.29, 0.717) is 35.2 Å². The highest BCUT2D eigenvalue weighted by atomic mass is 19.4. The molecule has 0 saturated heterocycles. The number of halogens is 6. The van der Waals surface area contributed by atoms with E-state index in [1.165, 1.54) is 10.9 Å². The zero-order valence-electron chi connectivity index (χ0n) is 22.0. The van der Waals surface area contributed by atoms with E-state index >= 15 is 0 Å². The van der Waals surface area contributed by atoms with Crippen molar-refractivity contribution in [2.45, 2.75) is 58.8 Å². The van der Waals surface area contributed by atoms with Crippen molar-refractivity contribution in [3.63, 3.8) is 0 Å². The number of aromatic nitrogens is 3. The topological polar surface area (TPSA) is 63.0 Å². The van der Waals surface area contributed by atoms with Gasteiger partial charge in [0.2, 0.25) is 0 Å². The van der Waals surface area contributed by atoms with Gasteiger partial charge in [0.05, 0.1) is 16.8 Å². The van der Waals surface area contributed by atoms with Crippen molar-refractivity contribution in [1.82, 2.24) is 15.0 Å². The molecule has 0 aliphatic rings. The molecule has 0 fully saturated rings. The fraction of sp³-hybridized carbons (Fsp3) is 0.357. The van der Waals surface area contributed by atoms with Gasteiger partial charge in [-0.3, -0.25) is 0 Å². The smallest absolute Gasteiger partial charge is 0.416 e. The fourth-order valence-electron chi connectivity index (χ4n) is 4.84. The minimum atomic E-state index is -5.01. The summed E-state index contributed by atoms with van der Waals surface area (Å²) >= 11 is 0. The van der Waals surface area contributed by atoms with Crippen LogP contribution in [0.3, 0.4) is 0 Å². The van der Waals surface area contributed by atoms with E-state index in [-0.39, 0.29) is 22.9 Å². The van der Waals surface area contributed by atoms with Crippen LogP contribution in [0.5, 0.6) is 5.75 Å². The van der Waals surface area contributed by atoms with Crippen LogP contribution in [0.25, 0.3) is 16.7 Å². The first-order valence-electron chi connectivity index (χ1n) is 12.1. The summed E-state index contributed by atoms with van der Waals surface area (Å²) in [7, 11) is 0. The summed E-state index contributed by atoms with van der Waals surface area (Å²) in [6.07, 6.45) is -9.35. The lowest BCUT2D eigenvalue weighted by Crippen LogP contribution is -2.25. The van der Waals surface area contributed by atoms with Crippen LogP contribution in [0.4, 0.5) is 37.7 Å².